The van der Waals surface area contributed by atoms with E-state index < -0.39 is 0 Å². The van der Waals surface area contributed by atoms with Crippen LogP contribution >= 0.6 is 0 Å². The number of ether oxygens (including phenoxy) is 3. The zero-order valence-corrected chi connectivity index (χ0v) is 14.6. The van der Waals surface area contributed by atoms with Gasteiger partial charge in [-0.15, -0.1) is 6.58 Å². The summed E-state index contributed by atoms with van der Waals surface area (Å²) in [4.78, 5) is 0. The topological polar surface area (TPSA) is 27.7 Å². The molecule has 2 aromatic carbocycles. The Morgan fingerprint density at radius 1 is 0.880 bits per heavy atom. The van der Waals surface area contributed by atoms with Crippen LogP contribution in [-0.4, -0.2) is 25.4 Å². The monoisotopic (exact) mass is 338 g/mol. The van der Waals surface area contributed by atoms with Crippen LogP contribution in [-0.2, 0) is 27.4 Å². The zero-order chi connectivity index (χ0) is 17.3. The van der Waals surface area contributed by atoms with Gasteiger partial charge in [-0.05, 0) is 17.5 Å². The first-order valence-electron chi connectivity index (χ1n) is 8.86. The molecule has 3 rings (SSSR count). The van der Waals surface area contributed by atoms with E-state index in [-0.39, 0.29) is 12.2 Å². The molecule has 0 amide bonds. The second-order valence-corrected chi connectivity index (χ2v) is 6.43. The van der Waals surface area contributed by atoms with Crippen molar-refractivity contribution in [1.29, 1.82) is 0 Å². The second kappa shape index (κ2) is 9.52. The van der Waals surface area contributed by atoms with Crippen molar-refractivity contribution >= 4 is 0 Å². The Bertz CT molecular complexity index is 626. The quantitative estimate of drug-likeness (QED) is 0.635. The molecule has 1 heterocycles. The third-order valence-electron chi connectivity index (χ3n) is 4.49. The van der Waals surface area contributed by atoms with Crippen LogP contribution in [0.1, 0.15) is 17.5 Å². The van der Waals surface area contributed by atoms with E-state index in [0.717, 1.165) is 6.42 Å². The van der Waals surface area contributed by atoms with E-state index in [0.29, 0.717) is 32.3 Å². The Balaban J connectivity index is 1.40. The molecule has 132 valence electrons. The smallest absolute Gasteiger partial charge is 0.0876 e. The molecule has 0 unspecified atom stereocenters. The molecule has 3 nitrogen and oxygen atoms in total. The van der Waals surface area contributed by atoms with Crippen LogP contribution < -0.4 is 0 Å². The minimum absolute atomic E-state index is 0.0616. The minimum atomic E-state index is 0.0616. The molecular weight excluding hydrogens is 312 g/mol. The molecule has 0 aliphatic carbocycles. The van der Waals surface area contributed by atoms with Gasteiger partial charge in [-0.1, -0.05) is 66.7 Å². The minimum Gasteiger partial charge on any atom is -0.374 e. The summed E-state index contributed by atoms with van der Waals surface area (Å²) < 4.78 is 17.8. The van der Waals surface area contributed by atoms with Crippen molar-refractivity contribution in [2.75, 3.05) is 13.2 Å². The van der Waals surface area contributed by atoms with Crippen LogP contribution in [0.3, 0.4) is 0 Å². The molecular formula is C22H26O3. The maximum absolute atomic E-state index is 6.12. The third kappa shape index (κ3) is 5.53. The molecule has 0 saturated carbocycles. The van der Waals surface area contributed by atoms with E-state index in [1.807, 2.05) is 42.5 Å². The fraction of sp³-hybridized carbons (Fsp3) is 0.364. The molecule has 2 aromatic rings. The van der Waals surface area contributed by atoms with Gasteiger partial charge in [0.2, 0.25) is 0 Å². The van der Waals surface area contributed by atoms with E-state index in [9.17, 15) is 0 Å². The van der Waals surface area contributed by atoms with Crippen LogP contribution in [0, 0.1) is 5.92 Å². The Labute approximate surface area is 150 Å². The van der Waals surface area contributed by atoms with Crippen molar-refractivity contribution in [3.05, 3.63) is 84.4 Å². The predicted molar refractivity (Wildman–Crippen MR) is 99.2 cm³/mol. The lowest BCUT2D eigenvalue weighted by molar-refractivity contribution is -0.0548. The summed E-state index contributed by atoms with van der Waals surface area (Å²) in [7, 11) is 0. The summed E-state index contributed by atoms with van der Waals surface area (Å²) in [6, 6.07) is 20.4. The average molecular weight is 338 g/mol. The molecule has 0 radical (unpaired) electrons. The number of hydrogen-bond acceptors (Lipinski definition) is 3. The number of benzene rings is 2. The van der Waals surface area contributed by atoms with Crippen LogP contribution in [0.25, 0.3) is 0 Å². The Hall–Kier alpha value is -1.94. The molecule has 3 atom stereocenters. The van der Waals surface area contributed by atoms with Crippen LogP contribution in [0.5, 0.6) is 0 Å². The molecule has 0 bridgehead atoms. The van der Waals surface area contributed by atoms with Crippen molar-refractivity contribution in [2.24, 2.45) is 5.92 Å². The van der Waals surface area contributed by atoms with E-state index in [1.165, 1.54) is 11.1 Å². The van der Waals surface area contributed by atoms with Gasteiger partial charge in [0.15, 0.2) is 0 Å². The molecule has 1 fully saturated rings. The highest BCUT2D eigenvalue weighted by Gasteiger charge is 2.33. The van der Waals surface area contributed by atoms with Crippen LogP contribution in [0.2, 0.25) is 0 Å². The largest absolute Gasteiger partial charge is 0.374 e. The highest BCUT2D eigenvalue weighted by molar-refractivity contribution is 5.14. The van der Waals surface area contributed by atoms with E-state index >= 15 is 0 Å². The predicted octanol–water partition coefficient (Wildman–Crippen LogP) is 4.38. The van der Waals surface area contributed by atoms with E-state index in [2.05, 4.69) is 30.8 Å². The van der Waals surface area contributed by atoms with Gasteiger partial charge in [0, 0.05) is 5.92 Å². The van der Waals surface area contributed by atoms with Gasteiger partial charge in [0.1, 0.15) is 0 Å². The van der Waals surface area contributed by atoms with Gasteiger partial charge >= 0.3 is 0 Å². The number of rotatable bonds is 9. The molecule has 0 aromatic heterocycles. The van der Waals surface area contributed by atoms with Crippen molar-refractivity contribution in [3.63, 3.8) is 0 Å². The normalized spacial score (nSPS) is 22.8. The van der Waals surface area contributed by atoms with Gasteiger partial charge in [0.25, 0.3) is 0 Å². The molecule has 3 heteroatoms. The van der Waals surface area contributed by atoms with Gasteiger partial charge < -0.3 is 14.2 Å². The molecule has 1 aliphatic rings. The fourth-order valence-corrected chi connectivity index (χ4v) is 3.13. The number of hydrogen-bond donors (Lipinski definition) is 0. The lowest BCUT2D eigenvalue weighted by atomic mass is 10.0. The van der Waals surface area contributed by atoms with Gasteiger partial charge in [-0.25, -0.2) is 0 Å². The summed E-state index contributed by atoms with van der Waals surface area (Å²) in [6.45, 7) is 6.37. The Morgan fingerprint density at radius 2 is 1.44 bits per heavy atom. The van der Waals surface area contributed by atoms with Gasteiger partial charge in [0.05, 0.1) is 38.6 Å². The molecule has 0 spiro atoms. The Morgan fingerprint density at radius 3 is 2.00 bits per heavy atom. The molecule has 1 aliphatic heterocycles. The maximum Gasteiger partial charge on any atom is 0.0876 e. The fourth-order valence-electron chi connectivity index (χ4n) is 3.13. The van der Waals surface area contributed by atoms with Crippen molar-refractivity contribution < 1.29 is 14.2 Å². The van der Waals surface area contributed by atoms with E-state index in [1.54, 1.807) is 0 Å². The maximum atomic E-state index is 6.12. The van der Waals surface area contributed by atoms with Crippen molar-refractivity contribution in [1.82, 2.24) is 0 Å². The standard InChI is InChI=1S/C22H26O3/c1-2-20-13-21(16-23-14-18-9-5-3-6-10-18)25-22(20)17-24-15-19-11-7-4-8-12-19/h2-12,20-22H,1,13-17H2/t20-,21-,22-/m0/s1. The highest BCUT2D eigenvalue weighted by Crippen LogP contribution is 2.28. The summed E-state index contributed by atoms with van der Waals surface area (Å²) in [5.41, 5.74) is 2.36. The Kier molecular flexibility index (Phi) is 6.80. The first-order chi connectivity index (χ1) is 12.3. The second-order valence-electron chi connectivity index (χ2n) is 6.43. The summed E-state index contributed by atoms with van der Waals surface area (Å²) in [6.07, 6.45) is 3.09. The van der Waals surface area contributed by atoms with Gasteiger partial charge in [-0.3, -0.25) is 0 Å². The summed E-state index contributed by atoms with van der Waals surface area (Å²) in [5.74, 6) is 0.320. The van der Waals surface area contributed by atoms with Crippen LogP contribution in [0.4, 0.5) is 0 Å². The first-order valence-corrected chi connectivity index (χ1v) is 8.86. The molecule has 0 N–H and O–H groups in total. The molecule has 1 saturated heterocycles. The lowest BCUT2D eigenvalue weighted by Crippen LogP contribution is -2.22. The molecule has 25 heavy (non-hydrogen) atoms. The third-order valence-corrected chi connectivity index (χ3v) is 4.49. The van der Waals surface area contributed by atoms with Crippen molar-refractivity contribution in [3.8, 4) is 0 Å². The van der Waals surface area contributed by atoms with E-state index in [4.69, 9.17) is 14.2 Å². The van der Waals surface area contributed by atoms with Crippen molar-refractivity contribution in [2.45, 2.75) is 31.8 Å². The lowest BCUT2D eigenvalue weighted by Gasteiger charge is -2.16. The first kappa shape index (κ1) is 17.9. The SMILES string of the molecule is C=C[C@H]1C[C@@H](COCc2ccccc2)O[C@H]1COCc1ccccc1. The summed E-state index contributed by atoms with van der Waals surface area (Å²) >= 11 is 0. The zero-order valence-electron chi connectivity index (χ0n) is 14.6. The highest BCUT2D eigenvalue weighted by atomic mass is 16.6. The average Bonchev–Trinajstić information content (AvgIpc) is 3.05. The summed E-state index contributed by atoms with van der Waals surface area (Å²) in [5, 5.41) is 0. The van der Waals surface area contributed by atoms with Gasteiger partial charge in [-0.2, -0.15) is 0 Å². The van der Waals surface area contributed by atoms with Crippen LogP contribution in [0.15, 0.2) is 73.3 Å².